The van der Waals surface area contributed by atoms with Gasteiger partial charge in [-0.05, 0) is 50.5 Å². The van der Waals surface area contributed by atoms with E-state index < -0.39 is 11.7 Å². The highest BCUT2D eigenvalue weighted by Gasteiger charge is 2.24. The molecule has 2 aromatic carbocycles. The Bertz CT molecular complexity index is 1060. The zero-order valence-electron chi connectivity index (χ0n) is 16.6. The number of ketones is 1. The number of aromatic amines is 1. The second-order valence-electron chi connectivity index (χ2n) is 7.40. The van der Waals surface area contributed by atoms with Gasteiger partial charge in [-0.3, -0.25) is 9.59 Å². The van der Waals surface area contributed by atoms with Gasteiger partial charge in [0.2, 0.25) is 0 Å². The molecule has 0 spiro atoms. The highest BCUT2D eigenvalue weighted by Crippen LogP contribution is 2.28. The van der Waals surface area contributed by atoms with Crippen molar-refractivity contribution < 1.29 is 19.1 Å². The van der Waals surface area contributed by atoms with E-state index in [0.717, 1.165) is 35.9 Å². The average molecular weight is 392 g/mol. The monoisotopic (exact) mass is 392 g/mol. The number of amides is 1. The molecule has 0 saturated carbocycles. The van der Waals surface area contributed by atoms with Crippen LogP contribution in [0.25, 0.3) is 10.9 Å². The molecule has 6 nitrogen and oxygen atoms in total. The molecule has 150 valence electrons. The predicted molar refractivity (Wildman–Crippen MR) is 112 cm³/mol. The fourth-order valence-corrected chi connectivity index (χ4v) is 3.67. The first-order valence-corrected chi connectivity index (χ1v) is 9.81. The van der Waals surface area contributed by atoms with E-state index in [1.54, 1.807) is 13.0 Å². The molecule has 1 aromatic heterocycles. The van der Waals surface area contributed by atoms with Gasteiger partial charge in [0.25, 0.3) is 11.7 Å². The summed E-state index contributed by atoms with van der Waals surface area (Å²) in [7, 11) is 0. The molecule has 1 unspecified atom stereocenters. The number of carbonyl (C=O) groups excluding carboxylic acids is 2. The number of hydrogen-bond donors (Lipinski definition) is 2. The van der Waals surface area contributed by atoms with Gasteiger partial charge in [0.05, 0.1) is 17.4 Å². The first-order valence-electron chi connectivity index (χ1n) is 9.81. The lowest BCUT2D eigenvalue weighted by Gasteiger charge is -2.15. The van der Waals surface area contributed by atoms with E-state index in [4.69, 9.17) is 9.47 Å². The lowest BCUT2D eigenvalue weighted by Crippen LogP contribution is -2.24. The van der Waals surface area contributed by atoms with Crippen LogP contribution in [0.2, 0.25) is 0 Å². The van der Waals surface area contributed by atoms with E-state index in [-0.39, 0.29) is 6.10 Å². The Morgan fingerprint density at radius 2 is 2.03 bits per heavy atom. The molecule has 1 saturated heterocycles. The van der Waals surface area contributed by atoms with Gasteiger partial charge in [-0.2, -0.15) is 0 Å². The molecule has 0 radical (unpaired) electrons. The summed E-state index contributed by atoms with van der Waals surface area (Å²) in [6.07, 6.45) is 2.06. The Kier molecular flexibility index (Phi) is 5.36. The van der Waals surface area contributed by atoms with Crippen LogP contribution in [-0.4, -0.2) is 36.0 Å². The van der Waals surface area contributed by atoms with Crippen molar-refractivity contribution in [2.45, 2.75) is 32.8 Å². The summed E-state index contributed by atoms with van der Waals surface area (Å²) in [5.41, 5.74) is 3.38. The Labute approximate surface area is 169 Å². The molecule has 4 rings (SSSR count). The SMILES string of the molecule is Cc1ccc(NC(=O)C(=O)c2c(C)[nH]c3ccccc23)c(OCC2CCCO2)c1. The minimum absolute atomic E-state index is 0.0644. The standard InChI is InChI=1S/C23H24N2O4/c1-14-9-10-19(20(12-14)29-13-16-6-5-11-28-16)25-23(27)22(26)21-15(2)24-18-8-4-3-7-17(18)21/h3-4,7-10,12,16,24H,5-6,11,13H2,1-2H3,(H,25,27). The van der Waals surface area contributed by atoms with Crippen LogP contribution in [0, 0.1) is 13.8 Å². The van der Waals surface area contributed by atoms with E-state index in [0.29, 0.717) is 29.3 Å². The molecular weight excluding hydrogens is 368 g/mol. The smallest absolute Gasteiger partial charge is 0.296 e. The predicted octanol–water partition coefficient (Wildman–Crippen LogP) is 4.16. The quantitative estimate of drug-likeness (QED) is 0.487. The van der Waals surface area contributed by atoms with Gasteiger partial charge < -0.3 is 19.8 Å². The van der Waals surface area contributed by atoms with Crippen molar-refractivity contribution in [3.63, 3.8) is 0 Å². The van der Waals surface area contributed by atoms with E-state index in [2.05, 4.69) is 10.3 Å². The number of hydrogen-bond acceptors (Lipinski definition) is 4. The maximum Gasteiger partial charge on any atom is 0.296 e. The Hall–Kier alpha value is -3.12. The number of para-hydroxylation sites is 1. The lowest BCUT2D eigenvalue weighted by molar-refractivity contribution is -0.112. The fourth-order valence-electron chi connectivity index (χ4n) is 3.67. The van der Waals surface area contributed by atoms with Crippen LogP contribution >= 0.6 is 0 Å². The number of aromatic nitrogens is 1. The molecule has 1 atom stereocenters. The third kappa shape index (κ3) is 4.03. The largest absolute Gasteiger partial charge is 0.489 e. The minimum Gasteiger partial charge on any atom is -0.489 e. The first-order chi connectivity index (χ1) is 14.0. The van der Waals surface area contributed by atoms with Gasteiger partial charge in [0.1, 0.15) is 12.4 Å². The third-order valence-corrected chi connectivity index (χ3v) is 5.16. The number of aryl methyl sites for hydroxylation is 2. The van der Waals surface area contributed by atoms with Crippen molar-refractivity contribution in [3.05, 3.63) is 59.3 Å². The van der Waals surface area contributed by atoms with Crippen LogP contribution in [0.5, 0.6) is 5.75 Å². The fraction of sp³-hybridized carbons (Fsp3) is 0.304. The normalized spacial score (nSPS) is 16.1. The highest BCUT2D eigenvalue weighted by atomic mass is 16.5. The van der Waals surface area contributed by atoms with Crippen molar-refractivity contribution in [2.24, 2.45) is 0 Å². The number of ether oxygens (including phenoxy) is 2. The van der Waals surface area contributed by atoms with E-state index in [1.807, 2.05) is 43.3 Å². The summed E-state index contributed by atoms with van der Waals surface area (Å²) in [4.78, 5) is 28.8. The van der Waals surface area contributed by atoms with E-state index in [1.165, 1.54) is 0 Å². The van der Waals surface area contributed by atoms with Crippen molar-refractivity contribution in [1.29, 1.82) is 0 Å². The van der Waals surface area contributed by atoms with Crippen molar-refractivity contribution in [3.8, 4) is 5.75 Å². The molecule has 0 aliphatic carbocycles. The zero-order chi connectivity index (χ0) is 20.4. The molecule has 1 aliphatic heterocycles. The van der Waals surface area contributed by atoms with Crippen LogP contribution in [0.1, 0.15) is 34.5 Å². The molecule has 6 heteroatoms. The average Bonchev–Trinajstić information content (AvgIpc) is 3.34. The number of carbonyl (C=O) groups is 2. The Morgan fingerprint density at radius 1 is 1.21 bits per heavy atom. The lowest BCUT2D eigenvalue weighted by atomic mass is 10.1. The zero-order valence-corrected chi connectivity index (χ0v) is 16.6. The number of benzene rings is 2. The summed E-state index contributed by atoms with van der Waals surface area (Å²) in [6.45, 7) is 4.92. The summed E-state index contributed by atoms with van der Waals surface area (Å²) in [5.74, 6) is -0.730. The second kappa shape index (κ2) is 8.09. The van der Waals surface area contributed by atoms with E-state index >= 15 is 0 Å². The molecule has 2 N–H and O–H groups in total. The van der Waals surface area contributed by atoms with Crippen LogP contribution in [-0.2, 0) is 9.53 Å². The number of fused-ring (bicyclic) bond motifs is 1. The van der Waals surface area contributed by atoms with Gasteiger partial charge in [0, 0.05) is 23.2 Å². The molecule has 0 bridgehead atoms. The van der Waals surface area contributed by atoms with Gasteiger partial charge in [-0.15, -0.1) is 0 Å². The number of H-pyrrole nitrogens is 1. The van der Waals surface area contributed by atoms with Gasteiger partial charge in [-0.1, -0.05) is 24.3 Å². The molecule has 29 heavy (non-hydrogen) atoms. The molecule has 1 amide bonds. The van der Waals surface area contributed by atoms with Crippen molar-refractivity contribution >= 4 is 28.3 Å². The van der Waals surface area contributed by atoms with Gasteiger partial charge in [-0.25, -0.2) is 0 Å². The number of nitrogens with one attached hydrogen (secondary N) is 2. The molecular formula is C23H24N2O4. The second-order valence-corrected chi connectivity index (χ2v) is 7.40. The number of Topliss-reactive ketones (excluding diaryl/α,β-unsaturated/α-hetero) is 1. The van der Waals surface area contributed by atoms with Crippen LogP contribution < -0.4 is 10.1 Å². The van der Waals surface area contributed by atoms with Crippen molar-refractivity contribution in [2.75, 3.05) is 18.5 Å². The van der Waals surface area contributed by atoms with Crippen LogP contribution in [0.4, 0.5) is 5.69 Å². The van der Waals surface area contributed by atoms with E-state index in [9.17, 15) is 9.59 Å². The van der Waals surface area contributed by atoms with Gasteiger partial charge in [0.15, 0.2) is 0 Å². The molecule has 2 heterocycles. The number of rotatable bonds is 6. The number of anilines is 1. The van der Waals surface area contributed by atoms with Gasteiger partial charge >= 0.3 is 0 Å². The Morgan fingerprint density at radius 3 is 2.83 bits per heavy atom. The summed E-state index contributed by atoms with van der Waals surface area (Å²) in [5, 5.41) is 3.46. The summed E-state index contributed by atoms with van der Waals surface area (Å²) < 4.78 is 11.5. The van der Waals surface area contributed by atoms with Crippen LogP contribution in [0.3, 0.4) is 0 Å². The maximum atomic E-state index is 12.9. The highest BCUT2D eigenvalue weighted by molar-refractivity contribution is 6.48. The Balaban J connectivity index is 1.54. The first kappa shape index (κ1) is 19.2. The summed E-state index contributed by atoms with van der Waals surface area (Å²) in [6, 6.07) is 12.9. The topological polar surface area (TPSA) is 80.4 Å². The third-order valence-electron chi connectivity index (χ3n) is 5.16. The summed E-state index contributed by atoms with van der Waals surface area (Å²) >= 11 is 0. The molecule has 1 aliphatic rings. The van der Waals surface area contributed by atoms with Crippen molar-refractivity contribution in [1.82, 2.24) is 4.98 Å². The molecule has 1 fully saturated rings. The molecule has 3 aromatic rings. The maximum absolute atomic E-state index is 12.9. The minimum atomic E-state index is -0.691. The van der Waals surface area contributed by atoms with Crippen LogP contribution in [0.15, 0.2) is 42.5 Å².